The number of hydrogen-bond donors (Lipinski definition) is 2. The molecule has 20 heavy (non-hydrogen) atoms. The highest BCUT2D eigenvalue weighted by atomic mass is 16.5. The first-order valence-corrected chi connectivity index (χ1v) is 6.86. The van der Waals surface area contributed by atoms with Crippen molar-refractivity contribution in [1.82, 2.24) is 4.90 Å². The molecule has 2 N–H and O–H groups in total. The number of carbonyl (C=O) groups excluding carboxylic acids is 1. The van der Waals surface area contributed by atoms with Crippen molar-refractivity contribution in [3.63, 3.8) is 0 Å². The average Bonchev–Trinajstić information content (AvgIpc) is 2.43. The Morgan fingerprint density at radius 2 is 2.10 bits per heavy atom. The molecule has 0 atom stereocenters. The van der Waals surface area contributed by atoms with Crippen LogP contribution in [-0.4, -0.2) is 48.8 Å². The lowest BCUT2D eigenvalue weighted by Crippen LogP contribution is -2.39. The van der Waals surface area contributed by atoms with Gasteiger partial charge in [0.15, 0.2) is 0 Å². The van der Waals surface area contributed by atoms with E-state index in [9.17, 15) is 4.79 Å². The van der Waals surface area contributed by atoms with Crippen molar-refractivity contribution in [1.29, 1.82) is 0 Å². The average molecular weight is 280 g/mol. The van der Waals surface area contributed by atoms with Gasteiger partial charge in [0.1, 0.15) is 5.75 Å². The maximum atomic E-state index is 12.1. The number of rotatable bonds is 8. The third kappa shape index (κ3) is 5.19. The largest absolute Gasteiger partial charge is 0.495 e. The predicted octanol–water partition coefficient (Wildman–Crippen LogP) is 1.73. The molecular weight excluding hydrogens is 256 g/mol. The third-order valence-corrected chi connectivity index (χ3v) is 3.06. The standard InChI is InChI=1S/C15H24N2O3/c1-12(2)17(9-6-10-18)11-15(19)16-13-7-4-5-8-14(13)20-3/h4-5,7-8,12,18H,6,9-11H2,1-3H3,(H,16,19). The fourth-order valence-corrected chi connectivity index (χ4v) is 1.92. The van der Waals surface area contributed by atoms with E-state index < -0.39 is 0 Å². The zero-order valence-electron chi connectivity index (χ0n) is 12.4. The van der Waals surface area contributed by atoms with E-state index in [1.54, 1.807) is 7.11 Å². The highest BCUT2D eigenvalue weighted by Crippen LogP contribution is 2.22. The molecule has 0 saturated carbocycles. The number of aliphatic hydroxyl groups excluding tert-OH is 1. The van der Waals surface area contributed by atoms with E-state index >= 15 is 0 Å². The minimum atomic E-state index is -0.0823. The number of anilines is 1. The molecule has 0 heterocycles. The molecule has 5 heteroatoms. The highest BCUT2D eigenvalue weighted by Gasteiger charge is 2.14. The molecule has 1 aromatic rings. The van der Waals surface area contributed by atoms with Crippen LogP contribution < -0.4 is 10.1 Å². The van der Waals surface area contributed by atoms with Gasteiger partial charge >= 0.3 is 0 Å². The van der Waals surface area contributed by atoms with Crippen molar-refractivity contribution in [2.75, 3.05) is 32.1 Å². The monoisotopic (exact) mass is 280 g/mol. The minimum absolute atomic E-state index is 0.0823. The maximum Gasteiger partial charge on any atom is 0.238 e. The van der Waals surface area contributed by atoms with Gasteiger partial charge in [-0.2, -0.15) is 0 Å². The minimum Gasteiger partial charge on any atom is -0.495 e. The molecule has 0 unspecified atom stereocenters. The summed E-state index contributed by atoms with van der Waals surface area (Å²) in [5.41, 5.74) is 0.672. The van der Waals surface area contributed by atoms with Crippen LogP contribution >= 0.6 is 0 Å². The number of aliphatic hydroxyl groups is 1. The third-order valence-electron chi connectivity index (χ3n) is 3.06. The zero-order chi connectivity index (χ0) is 15.0. The molecule has 1 rings (SSSR count). The quantitative estimate of drug-likeness (QED) is 0.761. The molecule has 0 aliphatic carbocycles. The second-order valence-electron chi connectivity index (χ2n) is 4.89. The summed E-state index contributed by atoms with van der Waals surface area (Å²) >= 11 is 0. The van der Waals surface area contributed by atoms with Crippen LogP contribution in [-0.2, 0) is 4.79 Å². The lowest BCUT2D eigenvalue weighted by Gasteiger charge is -2.25. The molecule has 0 fully saturated rings. The van der Waals surface area contributed by atoms with Crippen LogP contribution in [0.4, 0.5) is 5.69 Å². The first-order chi connectivity index (χ1) is 9.58. The molecular formula is C15H24N2O3. The van der Waals surface area contributed by atoms with Crippen LogP contribution in [0.3, 0.4) is 0 Å². The smallest absolute Gasteiger partial charge is 0.238 e. The van der Waals surface area contributed by atoms with Crippen molar-refractivity contribution in [2.45, 2.75) is 26.3 Å². The van der Waals surface area contributed by atoms with E-state index in [4.69, 9.17) is 9.84 Å². The molecule has 112 valence electrons. The van der Waals surface area contributed by atoms with Gasteiger partial charge in [-0.25, -0.2) is 0 Å². The van der Waals surface area contributed by atoms with Gasteiger partial charge < -0.3 is 15.2 Å². The molecule has 0 aromatic heterocycles. The number of hydrogen-bond acceptors (Lipinski definition) is 4. The number of amides is 1. The van der Waals surface area contributed by atoms with Gasteiger partial charge in [0.05, 0.1) is 19.3 Å². The second kappa shape index (κ2) is 8.55. The van der Waals surface area contributed by atoms with Gasteiger partial charge in [-0.15, -0.1) is 0 Å². The van der Waals surface area contributed by atoms with Gasteiger partial charge in [-0.05, 0) is 32.4 Å². The second-order valence-corrected chi connectivity index (χ2v) is 4.89. The van der Waals surface area contributed by atoms with Crippen LogP contribution in [0.5, 0.6) is 5.75 Å². The Hall–Kier alpha value is -1.59. The lowest BCUT2D eigenvalue weighted by molar-refractivity contribution is -0.117. The van der Waals surface area contributed by atoms with E-state index in [2.05, 4.69) is 5.32 Å². The van der Waals surface area contributed by atoms with Crippen molar-refractivity contribution < 1.29 is 14.6 Å². The Morgan fingerprint density at radius 3 is 2.70 bits per heavy atom. The molecule has 1 aromatic carbocycles. The van der Waals surface area contributed by atoms with Crippen LogP contribution in [0.2, 0.25) is 0 Å². The summed E-state index contributed by atoms with van der Waals surface area (Å²) in [5, 5.41) is 11.7. The molecule has 0 aliphatic heterocycles. The van der Waals surface area contributed by atoms with Crippen molar-refractivity contribution >= 4 is 11.6 Å². The number of para-hydroxylation sites is 2. The summed E-state index contributed by atoms with van der Waals surface area (Å²) in [5.74, 6) is 0.563. The molecule has 0 saturated heterocycles. The molecule has 0 radical (unpaired) electrons. The van der Waals surface area contributed by atoms with Crippen LogP contribution in [0.15, 0.2) is 24.3 Å². The number of ether oxygens (including phenoxy) is 1. The van der Waals surface area contributed by atoms with Gasteiger partial charge in [0.2, 0.25) is 5.91 Å². The van der Waals surface area contributed by atoms with Gasteiger partial charge in [-0.1, -0.05) is 12.1 Å². The fraction of sp³-hybridized carbons (Fsp3) is 0.533. The summed E-state index contributed by atoms with van der Waals surface area (Å²) in [4.78, 5) is 14.1. The Bertz CT molecular complexity index is 421. The van der Waals surface area contributed by atoms with E-state index in [0.717, 1.165) is 0 Å². The first-order valence-electron chi connectivity index (χ1n) is 6.86. The molecule has 0 aliphatic rings. The van der Waals surface area contributed by atoms with E-state index in [-0.39, 0.29) is 18.6 Å². The van der Waals surface area contributed by atoms with Gasteiger partial charge in [0.25, 0.3) is 0 Å². The molecule has 0 bridgehead atoms. The molecule has 1 amide bonds. The molecule has 5 nitrogen and oxygen atoms in total. The first kappa shape index (κ1) is 16.5. The summed E-state index contributed by atoms with van der Waals surface area (Å²) in [7, 11) is 1.58. The summed E-state index contributed by atoms with van der Waals surface area (Å²) in [6, 6.07) is 7.58. The SMILES string of the molecule is COc1ccccc1NC(=O)CN(CCCO)C(C)C. The Morgan fingerprint density at radius 1 is 1.40 bits per heavy atom. The van der Waals surface area contributed by atoms with E-state index in [1.807, 2.05) is 43.0 Å². The maximum absolute atomic E-state index is 12.1. The molecule has 0 spiro atoms. The lowest BCUT2D eigenvalue weighted by atomic mass is 10.2. The summed E-state index contributed by atoms with van der Waals surface area (Å²) in [6.45, 7) is 5.21. The van der Waals surface area contributed by atoms with Crippen molar-refractivity contribution in [3.8, 4) is 5.75 Å². The van der Waals surface area contributed by atoms with Gasteiger partial charge in [-0.3, -0.25) is 9.69 Å². The fourth-order valence-electron chi connectivity index (χ4n) is 1.92. The number of methoxy groups -OCH3 is 1. The Kier molecular flexibility index (Phi) is 7.04. The number of nitrogens with zero attached hydrogens (tertiary/aromatic N) is 1. The topological polar surface area (TPSA) is 61.8 Å². The normalized spacial score (nSPS) is 10.9. The van der Waals surface area contributed by atoms with Crippen LogP contribution in [0.1, 0.15) is 20.3 Å². The summed E-state index contributed by atoms with van der Waals surface area (Å²) in [6.07, 6.45) is 0.667. The highest BCUT2D eigenvalue weighted by molar-refractivity contribution is 5.93. The van der Waals surface area contributed by atoms with E-state index in [1.165, 1.54) is 0 Å². The van der Waals surface area contributed by atoms with Crippen molar-refractivity contribution in [3.05, 3.63) is 24.3 Å². The van der Waals surface area contributed by atoms with Crippen molar-refractivity contribution in [2.24, 2.45) is 0 Å². The van der Waals surface area contributed by atoms with Crippen LogP contribution in [0.25, 0.3) is 0 Å². The predicted molar refractivity (Wildman–Crippen MR) is 80.0 cm³/mol. The number of nitrogens with one attached hydrogen (secondary N) is 1. The Labute approximate surface area is 120 Å². The number of carbonyl (C=O) groups is 1. The van der Waals surface area contributed by atoms with Crippen LogP contribution in [0, 0.1) is 0 Å². The van der Waals surface area contributed by atoms with Gasteiger partial charge in [0, 0.05) is 19.2 Å². The van der Waals surface area contributed by atoms with E-state index in [0.29, 0.717) is 30.9 Å². The number of benzene rings is 1. The zero-order valence-corrected chi connectivity index (χ0v) is 12.4. The Balaban J connectivity index is 2.61. The summed E-state index contributed by atoms with van der Waals surface area (Å²) < 4.78 is 5.20.